The summed E-state index contributed by atoms with van der Waals surface area (Å²) in [6, 6.07) is 12.5. The molecule has 0 unspecified atom stereocenters. The Kier molecular flexibility index (Phi) is 4.26. The molecule has 0 spiro atoms. The molecule has 0 saturated heterocycles. The fourth-order valence-corrected chi connectivity index (χ4v) is 2.19. The summed E-state index contributed by atoms with van der Waals surface area (Å²) in [6.07, 6.45) is 0. The highest BCUT2D eigenvalue weighted by Gasteiger charge is 2.07. The Morgan fingerprint density at radius 2 is 2.05 bits per heavy atom. The van der Waals surface area contributed by atoms with Crippen LogP contribution in [0.5, 0.6) is 5.75 Å². The minimum Gasteiger partial charge on any atom is -0.495 e. The van der Waals surface area contributed by atoms with Gasteiger partial charge in [-0.2, -0.15) is 0 Å². The van der Waals surface area contributed by atoms with Gasteiger partial charge >= 0.3 is 0 Å². The fraction of sp³-hybridized carbons (Fsp3) is 0.0714. The van der Waals surface area contributed by atoms with Crippen molar-refractivity contribution in [3.8, 4) is 5.75 Å². The number of hydrogen-bond donors (Lipinski definition) is 2. The van der Waals surface area contributed by atoms with Crippen LogP contribution >= 0.6 is 22.6 Å². The molecule has 2 aromatic carbocycles. The number of ether oxygens (including phenoxy) is 1. The van der Waals surface area contributed by atoms with Gasteiger partial charge in [0.05, 0.1) is 12.8 Å². The van der Waals surface area contributed by atoms with E-state index in [9.17, 15) is 4.79 Å². The van der Waals surface area contributed by atoms with Gasteiger partial charge < -0.3 is 15.8 Å². The molecule has 1 amide bonds. The Labute approximate surface area is 125 Å². The molecule has 2 rings (SSSR count). The van der Waals surface area contributed by atoms with Gasteiger partial charge in [0.1, 0.15) is 5.75 Å². The lowest BCUT2D eigenvalue weighted by Gasteiger charge is -2.09. The summed E-state index contributed by atoms with van der Waals surface area (Å²) in [6.45, 7) is 0. The lowest BCUT2D eigenvalue weighted by atomic mass is 10.2. The molecule has 0 aliphatic heterocycles. The topological polar surface area (TPSA) is 64.3 Å². The second-order valence-electron chi connectivity index (χ2n) is 3.92. The molecule has 4 nitrogen and oxygen atoms in total. The van der Waals surface area contributed by atoms with Crippen molar-refractivity contribution in [2.45, 2.75) is 0 Å². The van der Waals surface area contributed by atoms with Gasteiger partial charge in [-0.05, 0) is 59.0 Å². The number of rotatable bonds is 3. The molecule has 0 aromatic heterocycles. The second-order valence-corrected chi connectivity index (χ2v) is 5.17. The molecule has 0 fully saturated rings. The third-order valence-corrected chi connectivity index (χ3v) is 3.25. The maximum absolute atomic E-state index is 12.0. The lowest BCUT2D eigenvalue weighted by molar-refractivity contribution is 0.102. The molecule has 98 valence electrons. The van der Waals surface area contributed by atoms with E-state index in [0.717, 1.165) is 3.57 Å². The van der Waals surface area contributed by atoms with Crippen LogP contribution in [0.2, 0.25) is 0 Å². The maximum atomic E-state index is 12.0. The highest BCUT2D eigenvalue weighted by Crippen LogP contribution is 2.24. The zero-order valence-corrected chi connectivity index (χ0v) is 12.5. The summed E-state index contributed by atoms with van der Waals surface area (Å²) in [4.78, 5) is 12.0. The number of nitrogens with two attached hydrogens (primary N) is 1. The van der Waals surface area contributed by atoms with Crippen LogP contribution in [-0.2, 0) is 0 Å². The van der Waals surface area contributed by atoms with Crippen LogP contribution in [0.25, 0.3) is 0 Å². The molecule has 5 heteroatoms. The van der Waals surface area contributed by atoms with Crippen molar-refractivity contribution in [1.29, 1.82) is 0 Å². The first-order chi connectivity index (χ1) is 9.10. The number of hydrogen-bond acceptors (Lipinski definition) is 3. The molecular formula is C14H13IN2O2. The third-order valence-electron chi connectivity index (χ3n) is 2.57. The number of amides is 1. The quantitative estimate of drug-likeness (QED) is 0.646. The number of methoxy groups -OCH3 is 1. The van der Waals surface area contributed by atoms with Crippen LogP contribution in [-0.4, -0.2) is 13.0 Å². The van der Waals surface area contributed by atoms with Crippen LogP contribution in [0.3, 0.4) is 0 Å². The van der Waals surface area contributed by atoms with Crippen molar-refractivity contribution in [2.24, 2.45) is 0 Å². The minimum atomic E-state index is -0.164. The number of carbonyl (C=O) groups is 1. The van der Waals surface area contributed by atoms with E-state index in [-0.39, 0.29) is 5.91 Å². The first kappa shape index (κ1) is 13.7. The standard InChI is InChI=1S/C14H13IN2O2/c1-19-13-6-5-11(8-12(13)16)17-14(18)9-3-2-4-10(15)7-9/h2-8H,16H2,1H3,(H,17,18). The fourth-order valence-electron chi connectivity index (χ4n) is 1.65. The summed E-state index contributed by atoms with van der Waals surface area (Å²) in [5, 5.41) is 2.80. The van der Waals surface area contributed by atoms with Crippen molar-refractivity contribution in [1.82, 2.24) is 0 Å². The van der Waals surface area contributed by atoms with Crippen LogP contribution in [0.1, 0.15) is 10.4 Å². The zero-order chi connectivity index (χ0) is 13.8. The first-order valence-electron chi connectivity index (χ1n) is 5.60. The summed E-state index contributed by atoms with van der Waals surface area (Å²) in [7, 11) is 1.55. The summed E-state index contributed by atoms with van der Waals surface area (Å²) < 4.78 is 6.08. The average Bonchev–Trinajstić information content (AvgIpc) is 2.39. The van der Waals surface area contributed by atoms with Gasteiger partial charge in [0.2, 0.25) is 0 Å². The van der Waals surface area contributed by atoms with Crippen LogP contribution in [0.4, 0.5) is 11.4 Å². The van der Waals surface area contributed by atoms with Gasteiger partial charge in [0.15, 0.2) is 0 Å². The molecule has 0 bridgehead atoms. The van der Waals surface area contributed by atoms with E-state index in [4.69, 9.17) is 10.5 Å². The Hall–Kier alpha value is -1.76. The van der Waals surface area contributed by atoms with Crippen LogP contribution < -0.4 is 15.8 Å². The van der Waals surface area contributed by atoms with E-state index >= 15 is 0 Å². The van der Waals surface area contributed by atoms with Crippen molar-refractivity contribution in [3.63, 3.8) is 0 Å². The molecule has 0 radical (unpaired) electrons. The van der Waals surface area contributed by atoms with Crippen molar-refractivity contribution < 1.29 is 9.53 Å². The molecule has 19 heavy (non-hydrogen) atoms. The van der Waals surface area contributed by atoms with Gasteiger partial charge in [-0.15, -0.1) is 0 Å². The Bertz CT molecular complexity index is 614. The number of benzene rings is 2. The molecule has 3 N–H and O–H groups in total. The molecular weight excluding hydrogens is 355 g/mol. The van der Waals surface area contributed by atoms with Crippen molar-refractivity contribution in [3.05, 3.63) is 51.6 Å². The lowest BCUT2D eigenvalue weighted by Crippen LogP contribution is -2.12. The number of halogens is 1. The molecule has 2 aromatic rings. The van der Waals surface area contributed by atoms with E-state index in [1.165, 1.54) is 0 Å². The summed E-state index contributed by atoms with van der Waals surface area (Å²) in [5.74, 6) is 0.426. The van der Waals surface area contributed by atoms with E-state index in [1.807, 2.05) is 18.2 Å². The van der Waals surface area contributed by atoms with E-state index in [2.05, 4.69) is 27.9 Å². The first-order valence-corrected chi connectivity index (χ1v) is 6.68. The number of anilines is 2. The largest absolute Gasteiger partial charge is 0.495 e. The Morgan fingerprint density at radius 3 is 2.68 bits per heavy atom. The van der Waals surface area contributed by atoms with Crippen LogP contribution in [0.15, 0.2) is 42.5 Å². The Morgan fingerprint density at radius 1 is 1.26 bits per heavy atom. The summed E-state index contributed by atoms with van der Waals surface area (Å²) >= 11 is 2.17. The highest BCUT2D eigenvalue weighted by molar-refractivity contribution is 14.1. The van der Waals surface area contributed by atoms with Gasteiger partial charge in [-0.1, -0.05) is 6.07 Å². The van der Waals surface area contributed by atoms with Gasteiger partial charge in [-0.25, -0.2) is 0 Å². The predicted molar refractivity (Wildman–Crippen MR) is 84.5 cm³/mol. The maximum Gasteiger partial charge on any atom is 0.255 e. The number of carbonyl (C=O) groups excluding carboxylic acids is 1. The third kappa shape index (κ3) is 3.37. The molecule has 0 saturated carbocycles. The molecule has 0 atom stereocenters. The zero-order valence-electron chi connectivity index (χ0n) is 10.3. The molecule has 0 aliphatic rings. The van der Waals surface area contributed by atoms with Crippen molar-refractivity contribution in [2.75, 3.05) is 18.2 Å². The van der Waals surface area contributed by atoms with E-state index < -0.39 is 0 Å². The predicted octanol–water partition coefficient (Wildman–Crippen LogP) is 3.13. The van der Waals surface area contributed by atoms with E-state index in [0.29, 0.717) is 22.7 Å². The highest BCUT2D eigenvalue weighted by atomic mass is 127. The Balaban J connectivity index is 2.17. The number of nitrogens with one attached hydrogen (secondary N) is 1. The van der Waals surface area contributed by atoms with Crippen molar-refractivity contribution >= 4 is 39.9 Å². The molecule has 0 heterocycles. The van der Waals surface area contributed by atoms with E-state index in [1.54, 1.807) is 31.4 Å². The average molecular weight is 368 g/mol. The minimum absolute atomic E-state index is 0.164. The number of nitrogen functional groups attached to an aromatic ring is 1. The second kappa shape index (κ2) is 5.92. The SMILES string of the molecule is COc1ccc(NC(=O)c2cccc(I)c2)cc1N. The van der Waals surface area contributed by atoms with Gasteiger partial charge in [-0.3, -0.25) is 4.79 Å². The monoisotopic (exact) mass is 368 g/mol. The van der Waals surface area contributed by atoms with Crippen LogP contribution in [0, 0.1) is 3.57 Å². The summed E-state index contributed by atoms with van der Waals surface area (Å²) in [5.41, 5.74) is 7.53. The van der Waals surface area contributed by atoms with Gasteiger partial charge in [0, 0.05) is 14.8 Å². The smallest absolute Gasteiger partial charge is 0.255 e. The normalized spacial score (nSPS) is 10.0. The molecule has 0 aliphatic carbocycles. The van der Waals surface area contributed by atoms with Gasteiger partial charge in [0.25, 0.3) is 5.91 Å².